The smallest absolute Gasteiger partial charge is 0.338 e. The molecule has 1 atom stereocenters. The van der Waals surface area contributed by atoms with Gasteiger partial charge in [0, 0.05) is 16.5 Å². The topological polar surface area (TPSA) is 29.1 Å². The lowest BCUT2D eigenvalue weighted by Crippen LogP contribution is -2.49. The summed E-state index contributed by atoms with van der Waals surface area (Å²) in [5.74, 6) is -4.00. The van der Waals surface area contributed by atoms with Gasteiger partial charge in [-0.25, -0.2) is 8.78 Å². The predicted molar refractivity (Wildman–Crippen MR) is 135 cm³/mol. The second kappa shape index (κ2) is 11.0. The molecule has 40 heavy (non-hydrogen) atoms. The van der Waals surface area contributed by atoms with E-state index in [2.05, 4.69) is 21.2 Å². The third kappa shape index (κ3) is 6.35. The SMILES string of the molecule is O=C(NC(Cc1ccccc1)(c1ccc(Br)cc1)c1cc(F)cc(C(F)(F)F)c1)c1ccc(F)c(C(F)(F)F)c1. The minimum atomic E-state index is -5.11. The maximum atomic E-state index is 14.7. The number of nitrogens with one attached hydrogen (secondary N) is 1. The van der Waals surface area contributed by atoms with Gasteiger partial charge in [0.05, 0.1) is 16.7 Å². The van der Waals surface area contributed by atoms with E-state index in [0.29, 0.717) is 34.3 Å². The molecule has 1 N–H and O–H groups in total. The molecule has 0 saturated carbocycles. The number of hydrogen-bond acceptors (Lipinski definition) is 1. The maximum Gasteiger partial charge on any atom is 0.419 e. The average molecular weight is 628 g/mol. The van der Waals surface area contributed by atoms with Gasteiger partial charge in [0.15, 0.2) is 0 Å². The normalized spacial score (nSPS) is 13.5. The van der Waals surface area contributed by atoms with E-state index in [1.54, 1.807) is 42.5 Å². The molecule has 1 unspecified atom stereocenters. The van der Waals surface area contributed by atoms with Gasteiger partial charge in [-0.05, 0) is 65.2 Å². The molecule has 0 spiro atoms. The zero-order valence-electron chi connectivity index (χ0n) is 20.2. The van der Waals surface area contributed by atoms with E-state index in [0.717, 1.165) is 12.1 Å². The summed E-state index contributed by atoms with van der Waals surface area (Å²) < 4.78 is 111. The Hall–Kier alpha value is -3.73. The molecule has 0 saturated heterocycles. The zero-order chi connectivity index (χ0) is 29.3. The first-order valence-corrected chi connectivity index (χ1v) is 12.4. The molecule has 208 valence electrons. The van der Waals surface area contributed by atoms with Gasteiger partial charge in [0.1, 0.15) is 11.6 Å². The third-order valence-electron chi connectivity index (χ3n) is 6.23. The van der Waals surface area contributed by atoms with Gasteiger partial charge in [-0.2, -0.15) is 26.3 Å². The van der Waals surface area contributed by atoms with Gasteiger partial charge >= 0.3 is 12.4 Å². The Labute approximate surface area is 231 Å². The molecule has 4 rings (SSSR count). The van der Waals surface area contributed by atoms with Crippen molar-refractivity contribution >= 4 is 21.8 Å². The highest BCUT2D eigenvalue weighted by molar-refractivity contribution is 9.10. The average Bonchev–Trinajstić information content (AvgIpc) is 2.88. The van der Waals surface area contributed by atoms with E-state index < -0.39 is 52.1 Å². The summed E-state index contributed by atoms with van der Waals surface area (Å²) in [7, 11) is 0. The van der Waals surface area contributed by atoms with Crippen LogP contribution in [0.2, 0.25) is 0 Å². The molecule has 1 amide bonds. The molecule has 0 fully saturated rings. The largest absolute Gasteiger partial charge is 0.419 e. The molecule has 0 heterocycles. The summed E-state index contributed by atoms with van der Waals surface area (Å²) in [6.45, 7) is 0. The lowest BCUT2D eigenvalue weighted by molar-refractivity contribution is -0.140. The van der Waals surface area contributed by atoms with Crippen molar-refractivity contribution in [1.82, 2.24) is 5.32 Å². The summed E-state index contributed by atoms with van der Waals surface area (Å²) in [6.07, 6.45) is -10.3. The van der Waals surface area contributed by atoms with Crippen LogP contribution in [-0.2, 0) is 24.3 Å². The second-order valence-electron chi connectivity index (χ2n) is 8.95. The van der Waals surface area contributed by atoms with Crippen molar-refractivity contribution in [2.24, 2.45) is 0 Å². The van der Waals surface area contributed by atoms with Crippen molar-refractivity contribution < 1.29 is 39.9 Å². The highest BCUT2D eigenvalue weighted by Gasteiger charge is 2.41. The summed E-state index contributed by atoms with van der Waals surface area (Å²) in [5, 5.41) is 2.57. The number of halogens is 9. The molecule has 11 heteroatoms. The van der Waals surface area contributed by atoms with Crippen LogP contribution >= 0.6 is 15.9 Å². The minimum absolute atomic E-state index is 0.213. The van der Waals surface area contributed by atoms with Gasteiger partial charge in [-0.3, -0.25) is 4.79 Å². The van der Waals surface area contributed by atoms with Gasteiger partial charge in [0.2, 0.25) is 0 Å². The Kier molecular flexibility index (Phi) is 8.07. The predicted octanol–water partition coefficient (Wildman–Crippen LogP) is 8.68. The van der Waals surface area contributed by atoms with Crippen LogP contribution in [0.1, 0.15) is 38.2 Å². The number of rotatable bonds is 6. The standard InChI is InChI=1S/C29H18BrF8NO/c30-22-9-7-19(8-10-22)27(16-17-4-2-1-3-5-17,20-13-21(28(33,34)35)15-23(31)14-20)39-26(40)18-6-11-25(32)24(12-18)29(36,37)38/h1-15H,16H2,(H,39,40). The van der Waals surface area contributed by atoms with Crippen molar-refractivity contribution in [1.29, 1.82) is 0 Å². The number of hydrogen-bond donors (Lipinski definition) is 1. The summed E-state index contributed by atoms with van der Waals surface area (Å²) >= 11 is 3.27. The highest BCUT2D eigenvalue weighted by atomic mass is 79.9. The molecular formula is C29H18BrF8NO. The molecule has 0 bridgehead atoms. The Morgan fingerprint density at radius 2 is 1.32 bits per heavy atom. The summed E-state index contributed by atoms with van der Waals surface area (Å²) in [4.78, 5) is 13.5. The van der Waals surface area contributed by atoms with E-state index in [4.69, 9.17) is 0 Å². The Balaban J connectivity index is 1.98. The fraction of sp³-hybridized carbons (Fsp3) is 0.138. The molecule has 0 aliphatic rings. The van der Waals surface area contributed by atoms with Crippen molar-refractivity contribution in [3.05, 3.63) is 140 Å². The summed E-state index contributed by atoms with van der Waals surface area (Å²) in [6, 6.07) is 17.7. The van der Waals surface area contributed by atoms with Gasteiger partial charge in [0.25, 0.3) is 5.91 Å². The fourth-order valence-electron chi connectivity index (χ4n) is 4.35. The molecule has 0 aromatic heterocycles. The van der Waals surface area contributed by atoms with E-state index >= 15 is 0 Å². The monoisotopic (exact) mass is 627 g/mol. The Morgan fingerprint density at radius 3 is 1.93 bits per heavy atom. The van der Waals surface area contributed by atoms with Crippen LogP contribution in [0, 0.1) is 11.6 Å². The first-order chi connectivity index (χ1) is 18.7. The highest BCUT2D eigenvalue weighted by Crippen LogP contribution is 2.39. The number of amides is 1. The van der Waals surface area contributed by atoms with Crippen LogP contribution in [0.3, 0.4) is 0 Å². The molecule has 4 aromatic rings. The van der Waals surface area contributed by atoms with Crippen LogP contribution in [0.5, 0.6) is 0 Å². The van der Waals surface area contributed by atoms with E-state index in [-0.39, 0.29) is 17.5 Å². The Morgan fingerprint density at radius 1 is 0.700 bits per heavy atom. The van der Waals surface area contributed by atoms with Crippen molar-refractivity contribution in [2.45, 2.75) is 24.3 Å². The maximum absolute atomic E-state index is 14.7. The lowest BCUT2D eigenvalue weighted by atomic mass is 9.77. The van der Waals surface area contributed by atoms with Crippen molar-refractivity contribution in [3.8, 4) is 0 Å². The van der Waals surface area contributed by atoms with Gasteiger partial charge < -0.3 is 5.32 Å². The molecule has 0 aliphatic carbocycles. The van der Waals surface area contributed by atoms with Crippen LogP contribution in [-0.4, -0.2) is 5.91 Å². The van der Waals surface area contributed by atoms with Gasteiger partial charge in [-0.15, -0.1) is 0 Å². The summed E-state index contributed by atoms with van der Waals surface area (Å²) in [5.41, 5.74) is -5.11. The number of alkyl halides is 6. The number of benzene rings is 4. The Bertz CT molecular complexity index is 1520. The van der Waals surface area contributed by atoms with Crippen molar-refractivity contribution in [3.63, 3.8) is 0 Å². The van der Waals surface area contributed by atoms with Crippen LogP contribution in [0.4, 0.5) is 35.1 Å². The molecule has 2 nitrogen and oxygen atoms in total. The molecular weight excluding hydrogens is 610 g/mol. The first kappa shape index (κ1) is 29.3. The zero-order valence-corrected chi connectivity index (χ0v) is 21.8. The van der Waals surface area contributed by atoms with Crippen LogP contribution in [0.25, 0.3) is 0 Å². The van der Waals surface area contributed by atoms with E-state index in [9.17, 15) is 39.9 Å². The van der Waals surface area contributed by atoms with Crippen LogP contribution in [0.15, 0.2) is 95.5 Å². The lowest BCUT2D eigenvalue weighted by Gasteiger charge is -2.37. The number of carbonyl (C=O) groups excluding carboxylic acids is 1. The fourth-order valence-corrected chi connectivity index (χ4v) is 4.61. The number of carbonyl (C=O) groups is 1. The molecule has 4 aromatic carbocycles. The first-order valence-electron chi connectivity index (χ1n) is 11.6. The minimum Gasteiger partial charge on any atom is -0.338 e. The molecule has 0 radical (unpaired) electrons. The van der Waals surface area contributed by atoms with Gasteiger partial charge in [-0.1, -0.05) is 58.4 Å². The molecule has 0 aliphatic heterocycles. The second-order valence-corrected chi connectivity index (χ2v) is 9.86. The van der Waals surface area contributed by atoms with E-state index in [1.165, 1.54) is 12.1 Å². The van der Waals surface area contributed by atoms with Crippen molar-refractivity contribution in [2.75, 3.05) is 0 Å². The van der Waals surface area contributed by atoms with Crippen LogP contribution < -0.4 is 5.32 Å². The quantitative estimate of drug-likeness (QED) is 0.213. The van der Waals surface area contributed by atoms with E-state index in [1.807, 2.05) is 0 Å². The third-order valence-corrected chi connectivity index (χ3v) is 6.76.